The van der Waals surface area contributed by atoms with Gasteiger partial charge in [-0.25, -0.2) is 4.79 Å². The monoisotopic (exact) mass is 199 g/mol. The molecule has 0 aromatic carbocycles. The van der Waals surface area contributed by atoms with Gasteiger partial charge in [0.2, 0.25) is 5.89 Å². The maximum Gasteiger partial charge on any atom is 0.396 e. The van der Waals surface area contributed by atoms with Crippen molar-refractivity contribution < 1.29 is 18.8 Å². The first-order valence-electron chi connectivity index (χ1n) is 3.79. The second-order valence-electron chi connectivity index (χ2n) is 2.41. The second kappa shape index (κ2) is 4.35. The molecule has 7 heteroatoms. The highest BCUT2D eigenvalue weighted by atomic mass is 16.5. The topological polar surface area (TPSA) is 94.3 Å². The summed E-state index contributed by atoms with van der Waals surface area (Å²) in [5.41, 5.74) is 0. The van der Waals surface area contributed by atoms with Crippen molar-refractivity contribution in [3.8, 4) is 0 Å². The Bertz CT molecular complexity index is 346. The molecular formula is C7H9N3O4. The minimum atomic E-state index is -0.957. The summed E-state index contributed by atoms with van der Waals surface area (Å²) in [5.74, 6) is -1.10. The zero-order chi connectivity index (χ0) is 10.6. The lowest BCUT2D eigenvalue weighted by molar-refractivity contribution is -0.152. The smallest absolute Gasteiger partial charge is 0.396 e. The number of aryl methyl sites for hydroxylation is 1. The van der Waals surface area contributed by atoms with Crippen LogP contribution in [0.2, 0.25) is 0 Å². The quantitative estimate of drug-likeness (QED) is 0.493. The summed E-state index contributed by atoms with van der Waals surface area (Å²) in [6, 6.07) is 0. The van der Waals surface area contributed by atoms with E-state index in [4.69, 9.17) is 4.52 Å². The van der Waals surface area contributed by atoms with Crippen LogP contribution < -0.4 is 5.32 Å². The number of nitrogens with zero attached hydrogens (tertiary/aromatic N) is 2. The molecule has 0 atom stereocenters. The van der Waals surface area contributed by atoms with E-state index >= 15 is 0 Å². The van der Waals surface area contributed by atoms with Crippen LogP contribution in [0.15, 0.2) is 4.52 Å². The average molecular weight is 199 g/mol. The average Bonchev–Trinajstić information content (AvgIpc) is 2.59. The normalized spacial score (nSPS) is 9.57. The highest BCUT2D eigenvalue weighted by Gasteiger charge is 2.14. The van der Waals surface area contributed by atoms with E-state index in [1.807, 2.05) is 0 Å². The van der Waals surface area contributed by atoms with E-state index in [0.717, 1.165) is 7.11 Å². The van der Waals surface area contributed by atoms with E-state index in [-0.39, 0.29) is 12.4 Å². The zero-order valence-corrected chi connectivity index (χ0v) is 7.73. The fourth-order valence-corrected chi connectivity index (χ4v) is 0.733. The van der Waals surface area contributed by atoms with Gasteiger partial charge in [-0.1, -0.05) is 5.16 Å². The third-order valence-electron chi connectivity index (χ3n) is 1.34. The van der Waals surface area contributed by atoms with E-state index < -0.39 is 11.9 Å². The van der Waals surface area contributed by atoms with Crippen LogP contribution in [0, 0.1) is 6.92 Å². The van der Waals surface area contributed by atoms with E-state index in [1.165, 1.54) is 0 Å². The fourth-order valence-electron chi connectivity index (χ4n) is 0.733. The molecule has 76 valence electrons. The molecule has 1 rings (SSSR count). The standard InChI is InChI=1S/C7H9N3O4/c1-4-9-5(14-10-4)3-8-6(11)7(12)13-2/h3H2,1-2H3,(H,8,11). The van der Waals surface area contributed by atoms with Crippen LogP contribution in [0.1, 0.15) is 11.7 Å². The molecule has 0 fully saturated rings. The van der Waals surface area contributed by atoms with Gasteiger partial charge in [0.1, 0.15) is 0 Å². The number of carbonyl (C=O) groups is 2. The first-order valence-corrected chi connectivity index (χ1v) is 3.79. The molecule has 7 nitrogen and oxygen atoms in total. The maximum absolute atomic E-state index is 10.9. The Morgan fingerprint density at radius 3 is 2.79 bits per heavy atom. The van der Waals surface area contributed by atoms with Crippen LogP contribution in [0.5, 0.6) is 0 Å². The van der Waals surface area contributed by atoms with Gasteiger partial charge in [0.25, 0.3) is 0 Å². The molecule has 0 spiro atoms. The van der Waals surface area contributed by atoms with Gasteiger partial charge in [-0.05, 0) is 6.92 Å². The van der Waals surface area contributed by atoms with E-state index in [0.29, 0.717) is 5.82 Å². The highest BCUT2D eigenvalue weighted by molar-refractivity contribution is 6.32. The summed E-state index contributed by atoms with van der Waals surface area (Å²) >= 11 is 0. The van der Waals surface area contributed by atoms with Crippen molar-refractivity contribution in [3.63, 3.8) is 0 Å². The minimum Gasteiger partial charge on any atom is -0.462 e. The largest absolute Gasteiger partial charge is 0.462 e. The first-order chi connectivity index (χ1) is 6.63. The molecule has 0 saturated heterocycles. The number of amides is 1. The molecule has 0 aliphatic rings. The van der Waals surface area contributed by atoms with Crippen LogP contribution in [0.3, 0.4) is 0 Å². The van der Waals surface area contributed by atoms with Crippen molar-refractivity contribution in [2.45, 2.75) is 13.5 Å². The van der Waals surface area contributed by atoms with Gasteiger partial charge in [0, 0.05) is 0 Å². The Morgan fingerprint density at radius 2 is 2.29 bits per heavy atom. The SMILES string of the molecule is COC(=O)C(=O)NCc1nc(C)no1. The highest BCUT2D eigenvalue weighted by Crippen LogP contribution is 1.94. The van der Waals surface area contributed by atoms with Crippen molar-refractivity contribution in [1.82, 2.24) is 15.5 Å². The Balaban J connectivity index is 2.41. The van der Waals surface area contributed by atoms with Crippen LogP contribution >= 0.6 is 0 Å². The number of esters is 1. The second-order valence-corrected chi connectivity index (χ2v) is 2.41. The van der Waals surface area contributed by atoms with E-state index in [2.05, 4.69) is 20.2 Å². The third-order valence-corrected chi connectivity index (χ3v) is 1.34. The molecule has 1 N–H and O–H groups in total. The van der Waals surface area contributed by atoms with Crippen LogP contribution in [-0.2, 0) is 20.9 Å². The summed E-state index contributed by atoms with van der Waals surface area (Å²) < 4.78 is 8.89. The van der Waals surface area contributed by atoms with Crippen LogP contribution in [0.25, 0.3) is 0 Å². The van der Waals surface area contributed by atoms with Gasteiger partial charge in [-0.15, -0.1) is 0 Å². The molecule has 1 aromatic rings. The summed E-state index contributed by atoms with van der Waals surface area (Å²) in [4.78, 5) is 25.3. The molecule has 0 saturated carbocycles. The Morgan fingerprint density at radius 1 is 1.57 bits per heavy atom. The van der Waals surface area contributed by atoms with Gasteiger partial charge in [-0.3, -0.25) is 4.79 Å². The number of nitrogens with one attached hydrogen (secondary N) is 1. The Labute approximate surface area is 79.4 Å². The number of aromatic nitrogens is 2. The van der Waals surface area contributed by atoms with Crippen LogP contribution in [0.4, 0.5) is 0 Å². The summed E-state index contributed by atoms with van der Waals surface area (Å²) in [6.07, 6.45) is 0. The molecular weight excluding hydrogens is 190 g/mol. The van der Waals surface area contributed by atoms with Gasteiger partial charge in [0.15, 0.2) is 5.82 Å². The van der Waals surface area contributed by atoms with Gasteiger partial charge < -0.3 is 14.6 Å². The summed E-state index contributed by atoms with van der Waals surface area (Å²) in [6.45, 7) is 1.66. The number of methoxy groups -OCH3 is 1. The van der Waals surface area contributed by atoms with Gasteiger partial charge in [0.05, 0.1) is 13.7 Å². The lowest BCUT2D eigenvalue weighted by atomic mass is 10.5. The molecule has 1 heterocycles. The Kier molecular flexibility index (Phi) is 3.16. The number of hydrogen-bond acceptors (Lipinski definition) is 6. The minimum absolute atomic E-state index is 0.00870. The first kappa shape index (κ1) is 10.2. The van der Waals surface area contributed by atoms with Crippen molar-refractivity contribution in [2.24, 2.45) is 0 Å². The molecule has 0 aliphatic heterocycles. The molecule has 1 amide bonds. The maximum atomic E-state index is 10.9. The molecule has 0 bridgehead atoms. The lowest BCUT2D eigenvalue weighted by Gasteiger charge is -1.98. The van der Waals surface area contributed by atoms with Crippen molar-refractivity contribution in [3.05, 3.63) is 11.7 Å². The molecule has 0 aliphatic carbocycles. The zero-order valence-electron chi connectivity index (χ0n) is 7.73. The molecule has 0 unspecified atom stereocenters. The van der Waals surface area contributed by atoms with Crippen molar-refractivity contribution in [2.75, 3.05) is 7.11 Å². The van der Waals surface area contributed by atoms with Gasteiger partial charge >= 0.3 is 11.9 Å². The third kappa shape index (κ3) is 2.54. The number of rotatable bonds is 2. The number of ether oxygens (including phenoxy) is 1. The summed E-state index contributed by atoms with van der Waals surface area (Å²) in [7, 11) is 1.12. The Hall–Kier alpha value is -1.92. The molecule has 1 aromatic heterocycles. The predicted octanol–water partition coefficient (Wildman–Crippen LogP) is -0.833. The lowest BCUT2D eigenvalue weighted by Crippen LogP contribution is -2.31. The van der Waals surface area contributed by atoms with Crippen LogP contribution in [-0.4, -0.2) is 29.1 Å². The predicted molar refractivity (Wildman–Crippen MR) is 42.9 cm³/mol. The van der Waals surface area contributed by atoms with E-state index in [1.54, 1.807) is 6.92 Å². The number of hydrogen-bond donors (Lipinski definition) is 1. The number of carbonyl (C=O) groups excluding carboxylic acids is 2. The van der Waals surface area contributed by atoms with E-state index in [9.17, 15) is 9.59 Å². The van der Waals surface area contributed by atoms with Crippen molar-refractivity contribution in [1.29, 1.82) is 0 Å². The molecule has 0 radical (unpaired) electrons. The fraction of sp³-hybridized carbons (Fsp3) is 0.429. The molecule has 14 heavy (non-hydrogen) atoms. The summed E-state index contributed by atoms with van der Waals surface area (Å²) in [5, 5.41) is 5.76. The van der Waals surface area contributed by atoms with Crippen molar-refractivity contribution >= 4 is 11.9 Å². The van der Waals surface area contributed by atoms with Gasteiger partial charge in [-0.2, -0.15) is 4.98 Å².